The van der Waals surface area contributed by atoms with Crippen LogP contribution in [0, 0.1) is 11.7 Å². The maximum atomic E-state index is 14.6. The topological polar surface area (TPSA) is 58.8 Å². The Kier molecular flexibility index (Phi) is 6.40. The molecule has 6 heteroatoms. The first-order chi connectivity index (χ1) is 14.1. The van der Waals surface area contributed by atoms with Gasteiger partial charge in [-0.25, -0.2) is 4.39 Å². The number of methoxy groups -OCH3 is 1. The number of likely N-dealkylation sites (tertiary alicyclic amines) is 1. The van der Waals surface area contributed by atoms with E-state index in [1.54, 1.807) is 12.1 Å². The summed E-state index contributed by atoms with van der Waals surface area (Å²) in [7, 11) is 1.53. The van der Waals surface area contributed by atoms with Gasteiger partial charge in [0, 0.05) is 43.3 Å². The number of nitrogens with zero attached hydrogens (tertiary/aromatic N) is 2. The fourth-order valence-electron chi connectivity index (χ4n) is 5.35. The molecular weight excluding hydrogens is 369 g/mol. The molecule has 160 valence electrons. The molecule has 1 aliphatic heterocycles. The van der Waals surface area contributed by atoms with Gasteiger partial charge in [0.25, 0.3) is 0 Å². The van der Waals surface area contributed by atoms with Crippen LogP contribution in [0.3, 0.4) is 0 Å². The number of fused-ring (bicyclic) bond motifs is 1. The van der Waals surface area contributed by atoms with Gasteiger partial charge in [0.1, 0.15) is 17.6 Å². The van der Waals surface area contributed by atoms with Gasteiger partial charge in [-0.3, -0.25) is 9.69 Å². The molecule has 2 saturated carbocycles. The van der Waals surface area contributed by atoms with Gasteiger partial charge >= 0.3 is 0 Å². The molecule has 2 aliphatic carbocycles. The lowest BCUT2D eigenvalue weighted by molar-refractivity contribution is -0.143. The van der Waals surface area contributed by atoms with Crippen molar-refractivity contribution >= 4 is 5.91 Å². The number of benzene rings is 1. The highest BCUT2D eigenvalue weighted by molar-refractivity contribution is 5.82. The standard InChI is InChI=1S/C23H34FN3O2/c1-29-19-11-8-17(20(24)13-19)15-27(18-9-10-18)22(14-25)23(28)26-12-4-6-16-5-2-3-7-21(16)26/h8,11,13,16,18,21-22H,2-7,9-10,12,14-15,25H2,1H3/t16-,21+,22-/m1/s1. The summed E-state index contributed by atoms with van der Waals surface area (Å²) >= 11 is 0. The Hall–Kier alpha value is -1.66. The molecule has 3 atom stereocenters. The minimum atomic E-state index is -0.371. The molecule has 1 saturated heterocycles. The summed E-state index contributed by atoms with van der Waals surface area (Å²) in [5.41, 5.74) is 6.74. The number of hydrogen-bond acceptors (Lipinski definition) is 4. The monoisotopic (exact) mass is 403 g/mol. The van der Waals surface area contributed by atoms with Crippen molar-refractivity contribution in [1.82, 2.24) is 9.80 Å². The lowest BCUT2D eigenvalue weighted by Gasteiger charge is -2.46. The Bertz CT molecular complexity index is 722. The van der Waals surface area contributed by atoms with E-state index >= 15 is 0 Å². The average Bonchev–Trinajstić information content (AvgIpc) is 3.59. The van der Waals surface area contributed by atoms with Crippen LogP contribution < -0.4 is 10.5 Å². The summed E-state index contributed by atoms with van der Waals surface area (Å²) in [6.07, 6.45) is 9.28. The Morgan fingerprint density at radius 1 is 1.24 bits per heavy atom. The summed E-state index contributed by atoms with van der Waals surface area (Å²) in [6.45, 7) is 1.53. The third kappa shape index (κ3) is 4.43. The SMILES string of the molecule is COc1ccc(CN(C2CC2)[C@H](CN)C(=O)N2CCC[C@H]3CCCC[C@@H]32)c(F)c1. The second-order valence-corrected chi connectivity index (χ2v) is 8.90. The molecule has 1 aromatic rings. The van der Waals surface area contributed by atoms with Crippen LogP contribution in [0.25, 0.3) is 0 Å². The highest BCUT2D eigenvalue weighted by Crippen LogP contribution is 2.37. The van der Waals surface area contributed by atoms with Gasteiger partial charge in [-0.1, -0.05) is 18.9 Å². The van der Waals surface area contributed by atoms with Gasteiger partial charge in [0.2, 0.25) is 5.91 Å². The molecule has 3 fully saturated rings. The number of nitrogens with two attached hydrogens (primary N) is 1. The predicted octanol–water partition coefficient (Wildman–Crippen LogP) is 3.31. The third-order valence-electron chi connectivity index (χ3n) is 7.06. The summed E-state index contributed by atoms with van der Waals surface area (Å²) in [6, 6.07) is 5.28. The van der Waals surface area contributed by atoms with Crippen LogP contribution in [0.5, 0.6) is 5.75 Å². The van der Waals surface area contributed by atoms with Crippen molar-refractivity contribution in [1.29, 1.82) is 0 Å². The smallest absolute Gasteiger partial charge is 0.241 e. The van der Waals surface area contributed by atoms with E-state index in [9.17, 15) is 9.18 Å². The second kappa shape index (κ2) is 9.00. The first kappa shape index (κ1) is 20.6. The van der Waals surface area contributed by atoms with Crippen LogP contribution in [-0.2, 0) is 11.3 Å². The van der Waals surface area contributed by atoms with Crippen molar-refractivity contribution < 1.29 is 13.9 Å². The van der Waals surface area contributed by atoms with E-state index in [-0.39, 0.29) is 24.3 Å². The van der Waals surface area contributed by atoms with Gasteiger partial charge in [0.05, 0.1) is 7.11 Å². The van der Waals surface area contributed by atoms with E-state index in [2.05, 4.69) is 9.80 Å². The molecule has 0 aromatic heterocycles. The van der Waals surface area contributed by atoms with Crippen molar-refractivity contribution in [3.8, 4) is 5.75 Å². The molecule has 4 rings (SSSR count). The van der Waals surface area contributed by atoms with Crippen molar-refractivity contribution in [3.05, 3.63) is 29.6 Å². The molecule has 29 heavy (non-hydrogen) atoms. The summed E-state index contributed by atoms with van der Waals surface area (Å²) < 4.78 is 19.7. The van der Waals surface area contributed by atoms with Crippen molar-refractivity contribution in [2.45, 2.75) is 76.0 Å². The molecule has 3 aliphatic rings. The largest absolute Gasteiger partial charge is 0.497 e. The van der Waals surface area contributed by atoms with Gasteiger partial charge in [-0.15, -0.1) is 0 Å². The van der Waals surface area contributed by atoms with Gasteiger partial charge < -0.3 is 15.4 Å². The number of halogens is 1. The molecule has 0 radical (unpaired) electrons. The van der Waals surface area contributed by atoms with Crippen molar-refractivity contribution in [2.75, 3.05) is 20.2 Å². The summed E-state index contributed by atoms with van der Waals surface area (Å²) in [5, 5.41) is 0. The first-order valence-electron chi connectivity index (χ1n) is 11.2. The number of ether oxygens (including phenoxy) is 1. The zero-order valence-electron chi connectivity index (χ0n) is 17.5. The quantitative estimate of drug-likeness (QED) is 0.759. The number of amides is 1. The van der Waals surface area contributed by atoms with E-state index in [1.165, 1.54) is 38.9 Å². The average molecular weight is 404 g/mol. The third-order valence-corrected chi connectivity index (χ3v) is 7.06. The van der Waals surface area contributed by atoms with Crippen LogP contribution in [-0.4, -0.2) is 54.0 Å². The Balaban J connectivity index is 1.53. The van der Waals surface area contributed by atoms with Crippen LogP contribution in [0.2, 0.25) is 0 Å². The van der Waals surface area contributed by atoms with E-state index in [0.717, 1.165) is 32.2 Å². The lowest BCUT2D eigenvalue weighted by Crippen LogP contribution is -2.58. The molecule has 1 heterocycles. The zero-order valence-corrected chi connectivity index (χ0v) is 17.5. The van der Waals surface area contributed by atoms with E-state index in [1.807, 2.05) is 0 Å². The normalized spacial score (nSPS) is 25.6. The lowest BCUT2D eigenvalue weighted by atomic mass is 9.78. The summed E-state index contributed by atoms with van der Waals surface area (Å²) in [5.74, 6) is 1.02. The van der Waals surface area contributed by atoms with E-state index in [4.69, 9.17) is 10.5 Å². The molecule has 5 nitrogen and oxygen atoms in total. The second-order valence-electron chi connectivity index (χ2n) is 8.90. The molecule has 1 aromatic carbocycles. The molecule has 1 amide bonds. The van der Waals surface area contributed by atoms with Crippen LogP contribution in [0.15, 0.2) is 18.2 Å². The Labute approximate surface area is 173 Å². The van der Waals surface area contributed by atoms with E-state index in [0.29, 0.717) is 35.9 Å². The van der Waals surface area contributed by atoms with E-state index < -0.39 is 0 Å². The van der Waals surface area contributed by atoms with Crippen LogP contribution >= 0.6 is 0 Å². The van der Waals surface area contributed by atoms with Crippen LogP contribution in [0.1, 0.15) is 56.9 Å². The number of piperidine rings is 1. The molecule has 0 bridgehead atoms. The number of hydrogen-bond donors (Lipinski definition) is 1. The van der Waals surface area contributed by atoms with Gasteiger partial charge in [-0.2, -0.15) is 0 Å². The maximum absolute atomic E-state index is 14.6. The molecule has 2 N–H and O–H groups in total. The minimum absolute atomic E-state index is 0.157. The molecule has 0 spiro atoms. The number of carbonyl (C=O) groups excluding carboxylic acids is 1. The van der Waals surface area contributed by atoms with Crippen molar-refractivity contribution in [3.63, 3.8) is 0 Å². The van der Waals surface area contributed by atoms with Crippen LogP contribution in [0.4, 0.5) is 4.39 Å². The highest BCUT2D eigenvalue weighted by Gasteiger charge is 2.42. The summed E-state index contributed by atoms with van der Waals surface area (Å²) in [4.78, 5) is 17.9. The maximum Gasteiger partial charge on any atom is 0.241 e. The Morgan fingerprint density at radius 2 is 2.00 bits per heavy atom. The van der Waals surface area contributed by atoms with Gasteiger partial charge in [-0.05, 0) is 50.5 Å². The number of rotatable bonds is 7. The molecular formula is C23H34FN3O2. The van der Waals surface area contributed by atoms with Crippen molar-refractivity contribution in [2.24, 2.45) is 11.7 Å². The highest BCUT2D eigenvalue weighted by atomic mass is 19.1. The fourth-order valence-corrected chi connectivity index (χ4v) is 5.35. The minimum Gasteiger partial charge on any atom is -0.497 e. The zero-order chi connectivity index (χ0) is 20.4. The number of carbonyl (C=O) groups is 1. The first-order valence-corrected chi connectivity index (χ1v) is 11.2. The fraction of sp³-hybridized carbons (Fsp3) is 0.696. The van der Waals surface area contributed by atoms with Gasteiger partial charge in [0.15, 0.2) is 0 Å². The molecule has 0 unspecified atom stereocenters. The Morgan fingerprint density at radius 3 is 2.69 bits per heavy atom. The predicted molar refractivity (Wildman–Crippen MR) is 111 cm³/mol.